The summed E-state index contributed by atoms with van der Waals surface area (Å²) in [7, 11) is -3.13. The molecule has 0 atom stereocenters. The lowest BCUT2D eigenvalue weighted by Crippen LogP contribution is -2.17. The van der Waals surface area contributed by atoms with Crippen molar-refractivity contribution in [2.75, 3.05) is 25.5 Å². The summed E-state index contributed by atoms with van der Waals surface area (Å²) in [6.45, 7) is 7.42. The molecule has 2 N–H and O–H groups in total. The smallest absolute Gasteiger partial charge is 0.156 e. The summed E-state index contributed by atoms with van der Waals surface area (Å²) in [5, 5.41) is 0. The predicted octanol–water partition coefficient (Wildman–Crippen LogP) is 1.87. The minimum Gasteiger partial charge on any atom is -0.379 e. The number of ether oxygens (including phenoxy) is 1. The topological polar surface area (TPSA) is 69.4 Å². The normalized spacial score (nSPS) is 12.6. The van der Waals surface area contributed by atoms with Crippen LogP contribution in [0.3, 0.4) is 0 Å². The van der Waals surface area contributed by atoms with Gasteiger partial charge >= 0.3 is 0 Å². The molecule has 0 saturated heterocycles. The summed E-state index contributed by atoms with van der Waals surface area (Å²) in [6.07, 6.45) is 0. The Balaban J connectivity index is 2.59. The molecular weight excluding hydrogens is 274 g/mol. The Kier molecular flexibility index (Phi) is 6.17. The molecule has 1 aromatic rings. The Bertz CT molecular complexity index is 501. The molecule has 0 aromatic heterocycles. The Morgan fingerprint density at radius 2 is 1.70 bits per heavy atom. The number of benzene rings is 1. The fraction of sp³-hybridized carbons (Fsp3) is 0.600. The lowest BCUT2D eigenvalue weighted by atomic mass is 9.87. The molecule has 1 aromatic carbocycles. The third-order valence-electron chi connectivity index (χ3n) is 3.01. The Morgan fingerprint density at radius 3 is 2.20 bits per heavy atom. The molecule has 0 heterocycles. The zero-order valence-corrected chi connectivity index (χ0v) is 13.4. The van der Waals surface area contributed by atoms with Gasteiger partial charge in [-0.25, -0.2) is 8.42 Å². The maximum Gasteiger partial charge on any atom is 0.156 e. The molecule has 114 valence electrons. The van der Waals surface area contributed by atoms with Crippen LogP contribution in [0.4, 0.5) is 0 Å². The van der Waals surface area contributed by atoms with Crippen molar-refractivity contribution in [2.24, 2.45) is 5.73 Å². The van der Waals surface area contributed by atoms with Crippen molar-refractivity contribution in [2.45, 2.75) is 31.9 Å². The molecule has 0 aliphatic heterocycles. The minimum absolute atomic E-state index is 0.0357. The van der Waals surface area contributed by atoms with Crippen LogP contribution in [-0.2, 0) is 25.7 Å². The maximum absolute atomic E-state index is 11.9. The first kappa shape index (κ1) is 17.1. The van der Waals surface area contributed by atoms with Gasteiger partial charge < -0.3 is 10.5 Å². The summed E-state index contributed by atoms with van der Waals surface area (Å²) in [4.78, 5) is 0. The van der Waals surface area contributed by atoms with Crippen LogP contribution >= 0.6 is 0 Å². The number of nitrogens with two attached hydrogens (primary N) is 1. The largest absolute Gasteiger partial charge is 0.379 e. The van der Waals surface area contributed by atoms with Crippen LogP contribution in [-0.4, -0.2) is 33.9 Å². The highest BCUT2D eigenvalue weighted by atomic mass is 32.2. The molecule has 0 unspecified atom stereocenters. The average molecular weight is 299 g/mol. The zero-order chi connectivity index (χ0) is 15.2. The van der Waals surface area contributed by atoms with E-state index in [-0.39, 0.29) is 23.5 Å². The van der Waals surface area contributed by atoms with Crippen molar-refractivity contribution in [3.05, 3.63) is 35.4 Å². The number of hydrogen-bond acceptors (Lipinski definition) is 4. The molecule has 0 fully saturated rings. The summed E-state index contributed by atoms with van der Waals surface area (Å²) in [5.74, 6) is 0.0947. The van der Waals surface area contributed by atoms with Gasteiger partial charge in [-0.1, -0.05) is 45.0 Å². The van der Waals surface area contributed by atoms with Gasteiger partial charge in [0.2, 0.25) is 0 Å². The molecule has 0 saturated carbocycles. The van der Waals surface area contributed by atoms with Crippen molar-refractivity contribution in [1.82, 2.24) is 0 Å². The van der Waals surface area contributed by atoms with Gasteiger partial charge in [0.15, 0.2) is 9.84 Å². The number of sulfone groups is 1. The van der Waals surface area contributed by atoms with E-state index in [1.807, 2.05) is 24.3 Å². The SMILES string of the molecule is CC(C)(C)c1ccc(CS(=O)(=O)CCOCCN)cc1. The van der Waals surface area contributed by atoms with Gasteiger partial charge in [-0.3, -0.25) is 0 Å². The molecule has 20 heavy (non-hydrogen) atoms. The van der Waals surface area contributed by atoms with E-state index in [1.54, 1.807) is 0 Å². The third kappa shape index (κ3) is 6.03. The van der Waals surface area contributed by atoms with E-state index < -0.39 is 9.84 Å². The third-order valence-corrected chi connectivity index (χ3v) is 4.57. The van der Waals surface area contributed by atoms with Crippen molar-refractivity contribution >= 4 is 9.84 Å². The fourth-order valence-corrected chi connectivity index (χ4v) is 3.01. The standard InChI is InChI=1S/C15H25NO3S/c1-15(2,3)14-6-4-13(5-7-14)12-20(17,18)11-10-19-9-8-16/h4-7H,8-12,16H2,1-3H3. The van der Waals surface area contributed by atoms with Gasteiger partial charge in [0, 0.05) is 6.54 Å². The Morgan fingerprint density at radius 1 is 1.10 bits per heavy atom. The quantitative estimate of drug-likeness (QED) is 0.780. The second-order valence-corrected chi connectivity index (χ2v) is 8.12. The highest BCUT2D eigenvalue weighted by molar-refractivity contribution is 7.90. The van der Waals surface area contributed by atoms with Gasteiger partial charge in [0.1, 0.15) is 0 Å². The van der Waals surface area contributed by atoms with Gasteiger partial charge in [-0.05, 0) is 16.5 Å². The summed E-state index contributed by atoms with van der Waals surface area (Å²) >= 11 is 0. The average Bonchev–Trinajstić information content (AvgIpc) is 2.34. The molecule has 1 rings (SSSR count). The summed E-state index contributed by atoms with van der Waals surface area (Å²) in [5.41, 5.74) is 7.37. The van der Waals surface area contributed by atoms with Crippen molar-refractivity contribution in [3.63, 3.8) is 0 Å². The number of rotatable bonds is 7. The van der Waals surface area contributed by atoms with E-state index in [1.165, 1.54) is 5.56 Å². The second kappa shape index (κ2) is 7.20. The van der Waals surface area contributed by atoms with Gasteiger partial charge in [0.25, 0.3) is 0 Å². The van der Waals surface area contributed by atoms with Crippen LogP contribution in [0.25, 0.3) is 0 Å². The highest BCUT2D eigenvalue weighted by Gasteiger charge is 2.15. The summed E-state index contributed by atoms with van der Waals surface area (Å²) < 4.78 is 29.0. The molecular formula is C15H25NO3S. The molecule has 0 spiro atoms. The van der Waals surface area contributed by atoms with E-state index in [0.29, 0.717) is 13.2 Å². The molecule has 5 heteroatoms. The molecule has 0 aliphatic rings. The van der Waals surface area contributed by atoms with E-state index in [4.69, 9.17) is 10.5 Å². The van der Waals surface area contributed by atoms with Crippen LogP contribution < -0.4 is 5.73 Å². The summed E-state index contributed by atoms with van der Waals surface area (Å²) in [6, 6.07) is 7.77. The van der Waals surface area contributed by atoms with Crippen LogP contribution in [0.15, 0.2) is 24.3 Å². The lowest BCUT2D eigenvalue weighted by molar-refractivity contribution is 0.157. The maximum atomic E-state index is 11.9. The van der Waals surface area contributed by atoms with Gasteiger partial charge in [-0.15, -0.1) is 0 Å². The molecule has 0 bridgehead atoms. The molecule has 0 amide bonds. The first-order valence-electron chi connectivity index (χ1n) is 6.82. The Hall–Kier alpha value is -0.910. The van der Waals surface area contributed by atoms with Crippen LogP contribution in [0, 0.1) is 0 Å². The van der Waals surface area contributed by atoms with Gasteiger partial charge in [-0.2, -0.15) is 0 Å². The van der Waals surface area contributed by atoms with Crippen molar-refractivity contribution in [1.29, 1.82) is 0 Å². The van der Waals surface area contributed by atoms with E-state index in [9.17, 15) is 8.42 Å². The molecule has 0 aliphatic carbocycles. The lowest BCUT2D eigenvalue weighted by Gasteiger charge is -2.19. The van der Waals surface area contributed by atoms with Crippen molar-refractivity contribution < 1.29 is 13.2 Å². The second-order valence-electron chi connectivity index (χ2n) is 5.94. The van der Waals surface area contributed by atoms with E-state index in [0.717, 1.165) is 5.56 Å². The van der Waals surface area contributed by atoms with Gasteiger partial charge in [0.05, 0.1) is 24.7 Å². The molecule has 4 nitrogen and oxygen atoms in total. The predicted molar refractivity (Wildman–Crippen MR) is 82.5 cm³/mol. The number of hydrogen-bond donors (Lipinski definition) is 1. The monoisotopic (exact) mass is 299 g/mol. The van der Waals surface area contributed by atoms with E-state index >= 15 is 0 Å². The highest BCUT2D eigenvalue weighted by Crippen LogP contribution is 2.22. The van der Waals surface area contributed by atoms with Crippen molar-refractivity contribution in [3.8, 4) is 0 Å². The van der Waals surface area contributed by atoms with E-state index in [2.05, 4.69) is 20.8 Å². The Labute approximate surface area is 122 Å². The minimum atomic E-state index is -3.13. The first-order valence-corrected chi connectivity index (χ1v) is 8.64. The van der Waals surface area contributed by atoms with Crippen LogP contribution in [0.5, 0.6) is 0 Å². The van der Waals surface area contributed by atoms with Crippen LogP contribution in [0.2, 0.25) is 0 Å². The molecule has 0 radical (unpaired) electrons. The fourth-order valence-electron chi connectivity index (χ4n) is 1.80. The van der Waals surface area contributed by atoms with Crippen LogP contribution in [0.1, 0.15) is 31.9 Å². The zero-order valence-electron chi connectivity index (χ0n) is 12.6. The first-order chi connectivity index (χ1) is 9.24.